The van der Waals surface area contributed by atoms with Crippen molar-refractivity contribution in [1.29, 1.82) is 0 Å². The number of hydrogen-bond acceptors (Lipinski definition) is 11. The van der Waals surface area contributed by atoms with E-state index in [1.54, 1.807) is 24.3 Å². The number of carboxylic acid groups (broad SMARTS) is 1. The Kier molecular flexibility index (Phi) is 24.8. The highest BCUT2D eigenvalue weighted by molar-refractivity contribution is 5.88. The van der Waals surface area contributed by atoms with Gasteiger partial charge in [0.2, 0.25) is 11.8 Å². The summed E-state index contributed by atoms with van der Waals surface area (Å²) in [6.45, 7) is 8.87. The third kappa shape index (κ3) is 26.5. The van der Waals surface area contributed by atoms with Crippen LogP contribution in [0.5, 0.6) is 5.75 Å². The number of benzene rings is 1. The maximum absolute atomic E-state index is 11.3. The van der Waals surface area contributed by atoms with Gasteiger partial charge < -0.3 is 53.6 Å². The molecule has 43 heavy (non-hydrogen) atoms. The topological polar surface area (TPSA) is 169 Å². The summed E-state index contributed by atoms with van der Waals surface area (Å²) in [6, 6.07) is 7.14. The molecule has 246 valence electrons. The lowest BCUT2D eigenvalue weighted by Gasteiger charge is -2.09. The second-order valence-electron chi connectivity index (χ2n) is 8.94. The molecule has 0 fully saturated rings. The zero-order valence-corrected chi connectivity index (χ0v) is 25.2. The molecule has 1 rings (SSSR count). The smallest absolute Gasteiger partial charge is 0.303 e. The van der Waals surface area contributed by atoms with Crippen molar-refractivity contribution < 1.29 is 57.4 Å². The van der Waals surface area contributed by atoms with E-state index in [0.29, 0.717) is 118 Å². The lowest BCUT2D eigenvalue weighted by atomic mass is 10.3. The summed E-state index contributed by atoms with van der Waals surface area (Å²) >= 11 is 0. The van der Waals surface area contributed by atoms with E-state index in [9.17, 15) is 14.4 Å². The third-order valence-electron chi connectivity index (χ3n) is 5.26. The Morgan fingerprint density at radius 2 is 1.02 bits per heavy atom. The largest absolute Gasteiger partial charge is 0.491 e. The minimum absolute atomic E-state index is 0.0118. The van der Waals surface area contributed by atoms with Crippen LogP contribution in [0.2, 0.25) is 0 Å². The van der Waals surface area contributed by atoms with Gasteiger partial charge in [0.05, 0.1) is 92.3 Å². The number of carboxylic acids is 1. The van der Waals surface area contributed by atoms with Crippen LogP contribution in [0, 0.1) is 0 Å². The fraction of sp³-hybridized carbons (Fsp3) is 0.690. The van der Waals surface area contributed by atoms with Crippen molar-refractivity contribution in [3.05, 3.63) is 24.3 Å². The van der Waals surface area contributed by atoms with Gasteiger partial charge in [0.15, 0.2) is 0 Å². The summed E-state index contributed by atoms with van der Waals surface area (Å²) in [6.07, 6.45) is 0.472. The number of hydrogen-bond donors (Lipinski definition) is 3. The van der Waals surface area contributed by atoms with E-state index < -0.39 is 5.97 Å². The molecule has 0 aromatic heterocycles. The van der Waals surface area contributed by atoms with Gasteiger partial charge in [0.1, 0.15) is 12.4 Å². The standard InChI is InChI=1S/C29H48N2O12/c1-25(32)31-26-3-5-27(6-4-26)43-24-23-42-22-21-41-20-19-40-18-17-39-16-15-38-14-13-37-12-11-36-10-2-9-30-28(33)7-8-29(34)35/h3-6H,2,7-24H2,1H3,(H,30,33)(H,31,32)(H,34,35). The SMILES string of the molecule is CC(=O)Nc1ccc(OCCOCCOCCOCCOCCOCCOCCOCCCNC(=O)CCC(=O)O)cc1. The molecule has 1 aromatic rings. The first-order chi connectivity index (χ1) is 21.0. The number of nitrogens with one attached hydrogen (secondary N) is 2. The maximum Gasteiger partial charge on any atom is 0.303 e. The van der Waals surface area contributed by atoms with Gasteiger partial charge in [0, 0.05) is 32.2 Å². The van der Waals surface area contributed by atoms with Crippen molar-refractivity contribution in [3.8, 4) is 5.75 Å². The van der Waals surface area contributed by atoms with Crippen LogP contribution in [0.3, 0.4) is 0 Å². The van der Waals surface area contributed by atoms with Gasteiger partial charge in [-0.2, -0.15) is 0 Å². The lowest BCUT2D eigenvalue weighted by molar-refractivity contribution is -0.138. The predicted octanol–water partition coefficient (Wildman–Crippen LogP) is 1.51. The Hall–Kier alpha value is -2.85. The lowest BCUT2D eigenvalue weighted by Crippen LogP contribution is -2.25. The summed E-state index contributed by atoms with van der Waals surface area (Å²) in [4.78, 5) is 32.8. The normalized spacial score (nSPS) is 10.9. The predicted molar refractivity (Wildman–Crippen MR) is 156 cm³/mol. The zero-order valence-electron chi connectivity index (χ0n) is 25.2. The van der Waals surface area contributed by atoms with E-state index in [4.69, 9.17) is 43.0 Å². The first-order valence-corrected chi connectivity index (χ1v) is 14.5. The number of carbonyl (C=O) groups is 3. The van der Waals surface area contributed by atoms with Crippen LogP contribution < -0.4 is 15.4 Å². The van der Waals surface area contributed by atoms with Crippen LogP contribution in [-0.2, 0) is 47.5 Å². The van der Waals surface area contributed by atoms with E-state index in [0.717, 1.165) is 5.69 Å². The Morgan fingerprint density at radius 1 is 0.605 bits per heavy atom. The molecule has 14 heteroatoms. The maximum atomic E-state index is 11.3. The number of rotatable bonds is 30. The quantitative estimate of drug-likeness (QED) is 0.107. The second-order valence-corrected chi connectivity index (χ2v) is 8.94. The molecular weight excluding hydrogens is 568 g/mol. The first-order valence-electron chi connectivity index (χ1n) is 14.5. The number of carbonyl (C=O) groups excluding carboxylic acids is 2. The number of amides is 2. The van der Waals surface area contributed by atoms with Crippen molar-refractivity contribution in [2.45, 2.75) is 26.2 Å². The van der Waals surface area contributed by atoms with Crippen molar-refractivity contribution in [1.82, 2.24) is 5.32 Å². The van der Waals surface area contributed by atoms with Gasteiger partial charge in [-0.25, -0.2) is 0 Å². The number of aliphatic carboxylic acids is 1. The van der Waals surface area contributed by atoms with Crippen molar-refractivity contribution >= 4 is 23.5 Å². The molecule has 0 spiro atoms. The third-order valence-corrected chi connectivity index (χ3v) is 5.26. The summed E-state index contributed by atoms with van der Waals surface area (Å²) in [5.41, 5.74) is 0.724. The average Bonchev–Trinajstić information content (AvgIpc) is 2.98. The van der Waals surface area contributed by atoms with E-state index in [1.165, 1.54) is 6.92 Å². The monoisotopic (exact) mass is 616 g/mol. The molecule has 2 amide bonds. The minimum atomic E-state index is -0.984. The molecular formula is C29H48N2O12. The molecule has 0 radical (unpaired) electrons. The van der Waals surface area contributed by atoms with Gasteiger partial charge in [-0.1, -0.05) is 0 Å². The van der Waals surface area contributed by atoms with Gasteiger partial charge in [0.25, 0.3) is 0 Å². The molecule has 0 heterocycles. The highest BCUT2D eigenvalue weighted by Gasteiger charge is 2.04. The van der Waals surface area contributed by atoms with Crippen LogP contribution >= 0.6 is 0 Å². The molecule has 14 nitrogen and oxygen atoms in total. The van der Waals surface area contributed by atoms with Crippen LogP contribution in [0.1, 0.15) is 26.2 Å². The van der Waals surface area contributed by atoms with Gasteiger partial charge in [-0.15, -0.1) is 0 Å². The van der Waals surface area contributed by atoms with E-state index in [1.807, 2.05) is 0 Å². The van der Waals surface area contributed by atoms with Gasteiger partial charge in [-0.05, 0) is 30.7 Å². The van der Waals surface area contributed by atoms with Crippen molar-refractivity contribution in [3.63, 3.8) is 0 Å². The summed E-state index contributed by atoms with van der Waals surface area (Å²) < 4.78 is 43.7. The Morgan fingerprint density at radius 3 is 1.44 bits per heavy atom. The summed E-state index contributed by atoms with van der Waals surface area (Å²) in [5, 5.41) is 13.9. The van der Waals surface area contributed by atoms with Gasteiger partial charge >= 0.3 is 5.97 Å². The molecule has 0 atom stereocenters. The van der Waals surface area contributed by atoms with Crippen molar-refractivity contribution in [2.75, 3.05) is 111 Å². The van der Waals surface area contributed by atoms with E-state index >= 15 is 0 Å². The summed E-state index contributed by atoms with van der Waals surface area (Å²) in [7, 11) is 0. The van der Waals surface area contributed by atoms with E-state index in [2.05, 4.69) is 10.6 Å². The zero-order chi connectivity index (χ0) is 31.2. The molecule has 3 N–H and O–H groups in total. The Bertz CT molecular complexity index is 841. The first kappa shape index (κ1) is 38.2. The fourth-order valence-corrected chi connectivity index (χ4v) is 3.19. The Balaban J connectivity index is 1.70. The summed E-state index contributed by atoms with van der Waals surface area (Å²) in [5.74, 6) is -0.660. The Labute approximate surface area is 253 Å². The molecule has 0 saturated heterocycles. The molecule has 0 aliphatic carbocycles. The number of anilines is 1. The van der Waals surface area contributed by atoms with Crippen LogP contribution in [-0.4, -0.2) is 129 Å². The van der Waals surface area contributed by atoms with Crippen LogP contribution in [0.4, 0.5) is 5.69 Å². The van der Waals surface area contributed by atoms with Crippen molar-refractivity contribution in [2.24, 2.45) is 0 Å². The molecule has 0 aliphatic rings. The molecule has 0 saturated carbocycles. The molecule has 0 aliphatic heterocycles. The average molecular weight is 617 g/mol. The highest BCUT2D eigenvalue weighted by Crippen LogP contribution is 2.15. The highest BCUT2D eigenvalue weighted by atomic mass is 16.6. The molecule has 0 bridgehead atoms. The fourth-order valence-electron chi connectivity index (χ4n) is 3.19. The van der Waals surface area contributed by atoms with E-state index in [-0.39, 0.29) is 24.7 Å². The molecule has 0 unspecified atom stereocenters. The second kappa shape index (κ2) is 28.0. The number of ether oxygens (including phenoxy) is 8. The van der Waals surface area contributed by atoms with Crippen LogP contribution in [0.25, 0.3) is 0 Å². The minimum Gasteiger partial charge on any atom is -0.491 e. The van der Waals surface area contributed by atoms with Crippen LogP contribution in [0.15, 0.2) is 24.3 Å². The van der Waals surface area contributed by atoms with Gasteiger partial charge in [-0.3, -0.25) is 14.4 Å². The molecule has 1 aromatic carbocycles.